The second-order valence-electron chi connectivity index (χ2n) is 4.49. The van der Waals surface area contributed by atoms with E-state index in [1.807, 2.05) is 32.0 Å². The van der Waals surface area contributed by atoms with E-state index in [1.165, 1.54) is 11.3 Å². The van der Waals surface area contributed by atoms with Crippen LogP contribution in [0.2, 0.25) is 0 Å². The molecule has 0 atom stereocenters. The number of ether oxygens (including phenoxy) is 1. The number of rotatable bonds is 2. The molecule has 92 valence electrons. The van der Waals surface area contributed by atoms with Crippen molar-refractivity contribution >= 4 is 37.5 Å². The van der Waals surface area contributed by atoms with Crippen LogP contribution in [0.4, 0.5) is 5.13 Å². The number of hydrogen-bond donors (Lipinski definition) is 1. The molecule has 0 amide bonds. The first-order valence-corrected chi connectivity index (χ1v) is 6.71. The number of fused-ring (bicyclic) bond motifs is 3. The molecule has 0 spiro atoms. The Balaban J connectivity index is 2.38. The van der Waals surface area contributed by atoms with Gasteiger partial charge in [-0.1, -0.05) is 35.6 Å². The molecule has 0 aliphatic rings. The van der Waals surface area contributed by atoms with E-state index in [0.717, 1.165) is 26.7 Å². The highest BCUT2D eigenvalue weighted by atomic mass is 32.1. The maximum absolute atomic E-state index is 5.88. The van der Waals surface area contributed by atoms with Crippen molar-refractivity contribution in [3.63, 3.8) is 0 Å². The zero-order chi connectivity index (χ0) is 12.7. The van der Waals surface area contributed by atoms with Crippen LogP contribution in [0.5, 0.6) is 5.75 Å². The summed E-state index contributed by atoms with van der Waals surface area (Å²) < 4.78 is 6.95. The molecule has 3 rings (SSSR count). The van der Waals surface area contributed by atoms with Gasteiger partial charge in [-0.2, -0.15) is 0 Å². The highest BCUT2D eigenvalue weighted by Crippen LogP contribution is 2.36. The van der Waals surface area contributed by atoms with Gasteiger partial charge in [0.05, 0.1) is 16.3 Å². The quantitative estimate of drug-likeness (QED) is 0.760. The highest BCUT2D eigenvalue weighted by Gasteiger charge is 2.11. The standard InChI is InChI=1S/C14H14N2OS/c1-8(2)17-11-7-12-13(16-14(15)18-12)10-6-4-3-5-9(10)11/h3-8H,1-2H3,(H2,15,16). The van der Waals surface area contributed by atoms with E-state index in [9.17, 15) is 0 Å². The summed E-state index contributed by atoms with van der Waals surface area (Å²) in [7, 11) is 0. The van der Waals surface area contributed by atoms with Crippen molar-refractivity contribution < 1.29 is 4.74 Å². The molecule has 0 saturated heterocycles. The minimum atomic E-state index is 0.149. The fourth-order valence-electron chi connectivity index (χ4n) is 2.09. The number of nitrogen functional groups attached to an aromatic ring is 1. The van der Waals surface area contributed by atoms with E-state index in [2.05, 4.69) is 17.1 Å². The number of benzene rings is 2. The zero-order valence-corrected chi connectivity index (χ0v) is 11.1. The highest BCUT2D eigenvalue weighted by molar-refractivity contribution is 7.22. The van der Waals surface area contributed by atoms with Crippen molar-refractivity contribution in [2.75, 3.05) is 5.73 Å². The Morgan fingerprint density at radius 1 is 1.22 bits per heavy atom. The summed E-state index contributed by atoms with van der Waals surface area (Å²) in [5.74, 6) is 0.900. The van der Waals surface area contributed by atoms with Gasteiger partial charge in [0.2, 0.25) is 0 Å². The van der Waals surface area contributed by atoms with Gasteiger partial charge >= 0.3 is 0 Å². The Morgan fingerprint density at radius 2 is 1.94 bits per heavy atom. The van der Waals surface area contributed by atoms with Gasteiger partial charge in [0.1, 0.15) is 5.75 Å². The lowest BCUT2D eigenvalue weighted by Gasteiger charge is -2.12. The molecular formula is C14H14N2OS. The van der Waals surface area contributed by atoms with E-state index >= 15 is 0 Å². The predicted octanol–water partition coefficient (Wildman–Crippen LogP) is 3.82. The summed E-state index contributed by atoms with van der Waals surface area (Å²) >= 11 is 1.49. The Hall–Kier alpha value is -1.81. The third-order valence-electron chi connectivity index (χ3n) is 2.74. The van der Waals surface area contributed by atoms with Crippen LogP contribution in [0.3, 0.4) is 0 Å². The van der Waals surface area contributed by atoms with Crippen molar-refractivity contribution in [3.05, 3.63) is 30.3 Å². The number of nitrogens with zero attached hydrogens (tertiary/aromatic N) is 1. The van der Waals surface area contributed by atoms with Crippen LogP contribution < -0.4 is 10.5 Å². The Labute approximate surface area is 109 Å². The molecule has 0 aliphatic carbocycles. The van der Waals surface area contributed by atoms with E-state index in [4.69, 9.17) is 10.5 Å². The van der Waals surface area contributed by atoms with Crippen LogP contribution in [0.1, 0.15) is 13.8 Å². The lowest BCUT2D eigenvalue weighted by atomic mass is 10.1. The van der Waals surface area contributed by atoms with Crippen molar-refractivity contribution in [2.45, 2.75) is 20.0 Å². The van der Waals surface area contributed by atoms with E-state index in [1.54, 1.807) is 0 Å². The lowest BCUT2D eigenvalue weighted by molar-refractivity contribution is 0.246. The second kappa shape index (κ2) is 4.14. The summed E-state index contributed by atoms with van der Waals surface area (Å²) in [5, 5.41) is 2.78. The zero-order valence-electron chi connectivity index (χ0n) is 10.3. The largest absolute Gasteiger partial charge is 0.490 e. The van der Waals surface area contributed by atoms with E-state index < -0.39 is 0 Å². The maximum Gasteiger partial charge on any atom is 0.181 e. The van der Waals surface area contributed by atoms with Gasteiger partial charge in [0.25, 0.3) is 0 Å². The Kier molecular flexibility index (Phi) is 2.59. The molecular weight excluding hydrogens is 244 g/mol. The van der Waals surface area contributed by atoms with Crippen LogP contribution in [0, 0.1) is 0 Å². The summed E-state index contributed by atoms with van der Waals surface area (Å²) in [6.07, 6.45) is 0.149. The molecule has 3 nitrogen and oxygen atoms in total. The fourth-order valence-corrected chi connectivity index (χ4v) is 2.87. The molecule has 1 heterocycles. The van der Waals surface area contributed by atoms with Crippen molar-refractivity contribution in [1.29, 1.82) is 0 Å². The number of hydrogen-bond acceptors (Lipinski definition) is 4. The van der Waals surface area contributed by atoms with Crippen molar-refractivity contribution in [2.24, 2.45) is 0 Å². The molecule has 0 radical (unpaired) electrons. The molecule has 0 saturated carbocycles. The van der Waals surface area contributed by atoms with Crippen LogP contribution in [0.25, 0.3) is 21.0 Å². The first-order valence-electron chi connectivity index (χ1n) is 5.89. The lowest BCUT2D eigenvalue weighted by Crippen LogP contribution is -2.05. The minimum Gasteiger partial charge on any atom is -0.490 e. The molecule has 4 heteroatoms. The fraction of sp³-hybridized carbons (Fsp3) is 0.214. The number of aromatic nitrogens is 1. The van der Waals surface area contributed by atoms with Crippen LogP contribution >= 0.6 is 11.3 Å². The Bertz CT molecular complexity index is 718. The molecule has 0 unspecified atom stereocenters. The maximum atomic E-state index is 5.88. The third kappa shape index (κ3) is 1.78. The molecule has 1 aromatic heterocycles. The topological polar surface area (TPSA) is 48.1 Å². The molecule has 0 aliphatic heterocycles. The van der Waals surface area contributed by atoms with Crippen molar-refractivity contribution in [3.8, 4) is 5.75 Å². The third-order valence-corrected chi connectivity index (χ3v) is 3.57. The minimum absolute atomic E-state index is 0.149. The Morgan fingerprint density at radius 3 is 2.67 bits per heavy atom. The number of nitrogens with two attached hydrogens (primary N) is 1. The number of thiazole rings is 1. The van der Waals surface area contributed by atoms with E-state index in [0.29, 0.717) is 5.13 Å². The summed E-state index contributed by atoms with van der Waals surface area (Å²) in [6, 6.07) is 10.2. The summed E-state index contributed by atoms with van der Waals surface area (Å²) in [5.41, 5.74) is 6.76. The SMILES string of the molecule is CC(C)Oc1cc2sc(N)nc2c2ccccc12. The predicted molar refractivity (Wildman–Crippen MR) is 77.3 cm³/mol. The van der Waals surface area contributed by atoms with Crippen LogP contribution in [-0.2, 0) is 0 Å². The van der Waals surface area contributed by atoms with Gasteiger partial charge in [-0.15, -0.1) is 0 Å². The van der Waals surface area contributed by atoms with Gasteiger partial charge in [-0.25, -0.2) is 4.98 Å². The smallest absolute Gasteiger partial charge is 0.181 e. The number of anilines is 1. The normalized spacial score (nSPS) is 11.5. The first-order chi connectivity index (χ1) is 8.65. The average Bonchev–Trinajstić information content (AvgIpc) is 2.69. The van der Waals surface area contributed by atoms with Crippen LogP contribution in [0.15, 0.2) is 30.3 Å². The second-order valence-corrected chi connectivity index (χ2v) is 5.55. The molecule has 2 N–H and O–H groups in total. The van der Waals surface area contributed by atoms with E-state index in [-0.39, 0.29) is 6.10 Å². The van der Waals surface area contributed by atoms with Gasteiger partial charge in [0.15, 0.2) is 5.13 Å². The summed E-state index contributed by atoms with van der Waals surface area (Å²) in [4.78, 5) is 4.40. The monoisotopic (exact) mass is 258 g/mol. The van der Waals surface area contributed by atoms with Crippen LogP contribution in [-0.4, -0.2) is 11.1 Å². The van der Waals surface area contributed by atoms with Gasteiger partial charge in [-0.3, -0.25) is 0 Å². The van der Waals surface area contributed by atoms with Crippen molar-refractivity contribution in [1.82, 2.24) is 4.98 Å². The molecule has 3 aromatic rings. The summed E-state index contributed by atoms with van der Waals surface area (Å²) in [6.45, 7) is 4.06. The average molecular weight is 258 g/mol. The van der Waals surface area contributed by atoms with Gasteiger partial charge < -0.3 is 10.5 Å². The molecule has 0 bridgehead atoms. The molecule has 0 fully saturated rings. The first kappa shape index (κ1) is 11.3. The van der Waals surface area contributed by atoms with Gasteiger partial charge in [0, 0.05) is 16.8 Å². The molecule has 18 heavy (non-hydrogen) atoms. The van der Waals surface area contributed by atoms with Gasteiger partial charge in [-0.05, 0) is 13.8 Å². The molecule has 2 aromatic carbocycles.